The number of carbonyl (C=O) groups is 1. The highest BCUT2D eigenvalue weighted by Crippen LogP contribution is 2.47. The SMILES string of the molecule is CCC(C)N1C(=O)C2(CC2)NC1c1ccccc1F. The molecule has 2 atom stereocenters. The van der Waals surface area contributed by atoms with E-state index >= 15 is 0 Å². The van der Waals surface area contributed by atoms with Crippen molar-refractivity contribution >= 4 is 5.91 Å². The van der Waals surface area contributed by atoms with E-state index in [1.165, 1.54) is 6.07 Å². The summed E-state index contributed by atoms with van der Waals surface area (Å²) in [5, 5.41) is 3.35. The second kappa shape index (κ2) is 4.30. The molecule has 1 amide bonds. The molecule has 1 saturated heterocycles. The lowest BCUT2D eigenvalue weighted by atomic mass is 10.1. The zero-order chi connectivity index (χ0) is 13.6. The first-order valence-corrected chi connectivity index (χ1v) is 6.94. The summed E-state index contributed by atoms with van der Waals surface area (Å²) in [5.74, 6) is -0.117. The average molecular weight is 262 g/mol. The summed E-state index contributed by atoms with van der Waals surface area (Å²) in [6.07, 6.45) is 2.27. The summed E-state index contributed by atoms with van der Waals surface area (Å²) in [4.78, 5) is 14.4. The smallest absolute Gasteiger partial charge is 0.244 e. The number of carbonyl (C=O) groups excluding carboxylic acids is 1. The molecule has 19 heavy (non-hydrogen) atoms. The Balaban J connectivity index is 1.99. The van der Waals surface area contributed by atoms with Crippen LogP contribution >= 0.6 is 0 Å². The summed E-state index contributed by atoms with van der Waals surface area (Å²) >= 11 is 0. The van der Waals surface area contributed by atoms with E-state index in [1.54, 1.807) is 12.1 Å². The highest BCUT2D eigenvalue weighted by molar-refractivity contribution is 5.92. The Kier molecular flexibility index (Phi) is 2.86. The third-order valence-electron chi connectivity index (χ3n) is 4.35. The average Bonchev–Trinajstić information content (AvgIpc) is 3.13. The minimum Gasteiger partial charge on any atom is -0.318 e. The zero-order valence-electron chi connectivity index (χ0n) is 11.3. The lowest BCUT2D eigenvalue weighted by Crippen LogP contribution is -2.38. The zero-order valence-corrected chi connectivity index (χ0v) is 11.3. The molecule has 3 nitrogen and oxygen atoms in total. The van der Waals surface area contributed by atoms with Crippen molar-refractivity contribution in [2.75, 3.05) is 0 Å². The standard InChI is InChI=1S/C15H19FN2O/c1-3-10(2)18-13(11-6-4-5-7-12(11)16)17-15(8-9-15)14(18)19/h4-7,10,13,17H,3,8-9H2,1-2H3. The van der Waals surface area contributed by atoms with Gasteiger partial charge in [-0.05, 0) is 32.3 Å². The van der Waals surface area contributed by atoms with Crippen LogP contribution < -0.4 is 5.32 Å². The summed E-state index contributed by atoms with van der Waals surface area (Å²) in [5.41, 5.74) is 0.163. The van der Waals surface area contributed by atoms with Gasteiger partial charge in [0.1, 0.15) is 17.5 Å². The molecule has 1 aliphatic heterocycles. The van der Waals surface area contributed by atoms with E-state index in [4.69, 9.17) is 0 Å². The number of hydrogen-bond donors (Lipinski definition) is 1. The number of halogens is 1. The van der Waals surface area contributed by atoms with Gasteiger partial charge in [0.2, 0.25) is 5.91 Å². The fourth-order valence-corrected chi connectivity index (χ4v) is 2.82. The molecule has 1 spiro atoms. The molecule has 1 aliphatic carbocycles. The summed E-state index contributed by atoms with van der Waals surface area (Å²) < 4.78 is 14.0. The van der Waals surface area contributed by atoms with Crippen LogP contribution in [0.4, 0.5) is 4.39 Å². The van der Waals surface area contributed by atoms with E-state index in [0.717, 1.165) is 19.3 Å². The van der Waals surface area contributed by atoms with Crippen molar-refractivity contribution in [1.82, 2.24) is 10.2 Å². The molecule has 102 valence electrons. The predicted molar refractivity (Wildman–Crippen MR) is 70.8 cm³/mol. The molecule has 1 saturated carbocycles. The van der Waals surface area contributed by atoms with E-state index in [2.05, 4.69) is 5.32 Å². The van der Waals surface area contributed by atoms with Gasteiger partial charge in [-0.2, -0.15) is 0 Å². The van der Waals surface area contributed by atoms with Gasteiger partial charge in [-0.25, -0.2) is 4.39 Å². The Morgan fingerprint density at radius 3 is 2.74 bits per heavy atom. The second-order valence-electron chi connectivity index (χ2n) is 5.62. The normalized spacial score (nSPS) is 25.9. The highest BCUT2D eigenvalue weighted by atomic mass is 19.1. The number of rotatable bonds is 3. The van der Waals surface area contributed by atoms with E-state index in [1.807, 2.05) is 24.8 Å². The van der Waals surface area contributed by atoms with Crippen LogP contribution in [0.2, 0.25) is 0 Å². The highest BCUT2D eigenvalue weighted by Gasteiger charge is 2.60. The van der Waals surface area contributed by atoms with Crippen LogP contribution in [0.1, 0.15) is 44.8 Å². The molecule has 2 aliphatic rings. The Labute approximate surface area is 112 Å². The van der Waals surface area contributed by atoms with E-state index < -0.39 is 5.54 Å². The van der Waals surface area contributed by atoms with Gasteiger partial charge in [-0.1, -0.05) is 25.1 Å². The maximum absolute atomic E-state index is 14.0. The van der Waals surface area contributed by atoms with E-state index in [9.17, 15) is 9.18 Å². The molecule has 1 aromatic carbocycles. The van der Waals surface area contributed by atoms with Crippen LogP contribution in [0.25, 0.3) is 0 Å². The molecule has 0 aromatic heterocycles. The number of nitrogens with one attached hydrogen (secondary N) is 1. The van der Waals surface area contributed by atoms with Crippen molar-refractivity contribution in [2.24, 2.45) is 0 Å². The van der Waals surface area contributed by atoms with Gasteiger partial charge in [0.15, 0.2) is 0 Å². The molecule has 1 N–H and O–H groups in total. The number of amides is 1. The Morgan fingerprint density at radius 1 is 1.47 bits per heavy atom. The maximum Gasteiger partial charge on any atom is 0.244 e. The molecule has 0 bridgehead atoms. The molecule has 0 radical (unpaired) electrons. The van der Waals surface area contributed by atoms with Crippen LogP contribution in [-0.4, -0.2) is 22.4 Å². The third kappa shape index (κ3) is 1.86. The van der Waals surface area contributed by atoms with Gasteiger partial charge in [0.05, 0.1) is 0 Å². The van der Waals surface area contributed by atoms with Crippen LogP contribution in [0, 0.1) is 5.82 Å². The number of benzene rings is 1. The van der Waals surface area contributed by atoms with Crippen molar-refractivity contribution in [3.63, 3.8) is 0 Å². The van der Waals surface area contributed by atoms with Crippen LogP contribution in [0.3, 0.4) is 0 Å². The van der Waals surface area contributed by atoms with Crippen molar-refractivity contribution in [1.29, 1.82) is 0 Å². The van der Waals surface area contributed by atoms with Crippen molar-refractivity contribution in [3.8, 4) is 0 Å². The van der Waals surface area contributed by atoms with Crippen LogP contribution in [-0.2, 0) is 4.79 Å². The Morgan fingerprint density at radius 2 is 2.16 bits per heavy atom. The maximum atomic E-state index is 14.0. The van der Waals surface area contributed by atoms with Crippen LogP contribution in [0.5, 0.6) is 0 Å². The van der Waals surface area contributed by atoms with E-state index in [-0.39, 0.29) is 23.9 Å². The Bertz CT molecular complexity index is 513. The topological polar surface area (TPSA) is 32.3 Å². The van der Waals surface area contributed by atoms with E-state index in [0.29, 0.717) is 5.56 Å². The van der Waals surface area contributed by atoms with Crippen molar-refractivity contribution in [3.05, 3.63) is 35.6 Å². The first-order chi connectivity index (χ1) is 9.09. The fraction of sp³-hybridized carbons (Fsp3) is 0.533. The van der Waals surface area contributed by atoms with Gasteiger partial charge in [-0.3, -0.25) is 10.1 Å². The molecule has 1 aromatic rings. The van der Waals surface area contributed by atoms with Gasteiger partial charge >= 0.3 is 0 Å². The minimum atomic E-state index is -0.406. The molecular weight excluding hydrogens is 243 g/mol. The van der Waals surface area contributed by atoms with Gasteiger partial charge in [0, 0.05) is 11.6 Å². The first-order valence-electron chi connectivity index (χ1n) is 6.94. The third-order valence-corrected chi connectivity index (χ3v) is 4.35. The van der Waals surface area contributed by atoms with Gasteiger partial charge in [-0.15, -0.1) is 0 Å². The molecular formula is C15H19FN2O. The lowest BCUT2D eigenvalue weighted by Gasteiger charge is -2.30. The number of nitrogens with zero attached hydrogens (tertiary/aromatic N) is 1. The minimum absolute atomic E-state index is 0.115. The van der Waals surface area contributed by atoms with Crippen molar-refractivity contribution in [2.45, 2.75) is 50.9 Å². The summed E-state index contributed by atoms with van der Waals surface area (Å²) in [6, 6.07) is 6.82. The molecule has 2 fully saturated rings. The Hall–Kier alpha value is -1.42. The first kappa shape index (κ1) is 12.6. The quantitative estimate of drug-likeness (QED) is 0.908. The monoisotopic (exact) mass is 262 g/mol. The van der Waals surface area contributed by atoms with Gasteiger partial charge in [0.25, 0.3) is 0 Å². The fourth-order valence-electron chi connectivity index (χ4n) is 2.82. The molecule has 1 heterocycles. The van der Waals surface area contributed by atoms with Crippen molar-refractivity contribution < 1.29 is 9.18 Å². The predicted octanol–water partition coefficient (Wildman–Crippen LogP) is 2.59. The summed E-state index contributed by atoms with van der Waals surface area (Å²) in [6.45, 7) is 4.07. The molecule has 4 heteroatoms. The second-order valence-corrected chi connectivity index (χ2v) is 5.62. The molecule has 3 rings (SSSR count). The summed E-state index contributed by atoms with van der Waals surface area (Å²) in [7, 11) is 0. The van der Waals surface area contributed by atoms with Crippen LogP contribution in [0.15, 0.2) is 24.3 Å². The largest absolute Gasteiger partial charge is 0.318 e. The van der Waals surface area contributed by atoms with Gasteiger partial charge < -0.3 is 4.90 Å². The number of hydrogen-bond acceptors (Lipinski definition) is 2. The lowest BCUT2D eigenvalue weighted by molar-refractivity contribution is -0.132. The molecule has 2 unspecified atom stereocenters.